The predicted molar refractivity (Wildman–Crippen MR) is 91.2 cm³/mol. The fourth-order valence-corrected chi connectivity index (χ4v) is 3.01. The zero-order chi connectivity index (χ0) is 19.3. The number of rotatable bonds is 7. The maximum atomic E-state index is 13.9. The summed E-state index contributed by atoms with van der Waals surface area (Å²) >= 11 is 0. The molecule has 0 spiro atoms. The van der Waals surface area contributed by atoms with Crippen molar-refractivity contribution < 1.29 is 27.2 Å². The Labute approximate surface area is 148 Å². The van der Waals surface area contributed by atoms with E-state index in [2.05, 4.69) is 0 Å². The molecule has 1 unspecified atom stereocenters. The van der Waals surface area contributed by atoms with Gasteiger partial charge >= 0.3 is 6.09 Å². The lowest BCUT2D eigenvalue weighted by atomic mass is 10.2. The zero-order valence-electron chi connectivity index (χ0n) is 15.1. The first-order chi connectivity index (χ1) is 11.4. The van der Waals surface area contributed by atoms with Crippen LogP contribution in [0.3, 0.4) is 0 Å². The summed E-state index contributed by atoms with van der Waals surface area (Å²) in [6.45, 7) is 5.95. The van der Waals surface area contributed by atoms with E-state index in [1.807, 2.05) is 12.4 Å². The molecular weight excluding hydrogens is 351 g/mol. The Morgan fingerprint density at radius 2 is 1.84 bits per heavy atom. The standard InChI is InChI=1S/C16H25FN2O5S/c1-12-6-8-14(9-7-12)25(21,22)19(5)10-13(17)11-23-18-15(20)24-16(2,3)4/h6-9,13H,10-11H2,1-5H3,(H,18,20). The van der Waals surface area contributed by atoms with Gasteiger partial charge in [-0.05, 0) is 39.8 Å². The molecule has 1 aromatic carbocycles. The second kappa shape index (κ2) is 8.59. The Balaban J connectivity index is 2.49. The van der Waals surface area contributed by atoms with Gasteiger partial charge in [0.15, 0.2) is 0 Å². The molecule has 7 nitrogen and oxygen atoms in total. The van der Waals surface area contributed by atoms with Gasteiger partial charge < -0.3 is 4.74 Å². The van der Waals surface area contributed by atoms with Gasteiger partial charge in [-0.15, -0.1) is 0 Å². The summed E-state index contributed by atoms with van der Waals surface area (Å²) in [5.41, 5.74) is 2.17. The molecule has 0 saturated heterocycles. The molecule has 25 heavy (non-hydrogen) atoms. The van der Waals surface area contributed by atoms with Crippen molar-refractivity contribution >= 4 is 16.1 Å². The summed E-state index contributed by atoms with van der Waals surface area (Å²) in [6.07, 6.45) is -2.47. The highest BCUT2D eigenvalue weighted by Crippen LogP contribution is 2.15. The molecule has 1 rings (SSSR count). The first-order valence-electron chi connectivity index (χ1n) is 7.69. The monoisotopic (exact) mass is 376 g/mol. The van der Waals surface area contributed by atoms with Gasteiger partial charge in [-0.25, -0.2) is 17.6 Å². The Kier molecular flexibility index (Phi) is 7.33. The quantitative estimate of drug-likeness (QED) is 0.739. The molecule has 1 aromatic rings. The molecule has 0 bridgehead atoms. The van der Waals surface area contributed by atoms with E-state index in [0.717, 1.165) is 9.87 Å². The number of hydrogen-bond acceptors (Lipinski definition) is 5. The molecule has 9 heteroatoms. The lowest BCUT2D eigenvalue weighted by Gasteiger charge is -2.21. The number of halogens is 1. The molecule has 0 aromatic heterocycles. The van der Waals surface area contributed by atoms with Gasteiger partial charge in [-0.3, -0.25) is 4.84 Å². The van der Waals surface area contributed by atoms with Crippen molar-refractivity contribution in [3.05, 3.63) is 29.8 Å². The van der Waals surface area contributed by atoms with Crippen LogP contribution < -0.4 is 5.48 Å². The van der Waals surface area contributed by atoms with Gasteiger partial charge in [0.05, 0.1) is 4.90 Å². The van der Waals surface area contributed by atoms with E-state index in [-0.39, 0.29) is 4.90 Å². The third-order valence-corrected chi connectivity index (χ3v) is 4.84. The lowest BCUT2D eigenvalue weighted by Crippen LogP contribution is -2.37. The Morgan fingerprint density at radius 3 is 2.36 bits per heavy atom. The van der Waals surface area contributed by atoms with Gasteiger partial charge in [0.25, 0.3) is 0 Å². The summed E-state index contributed by atoms with van der Waals surface area (Å²) in [6, 6.07) is 6.27. The molecule has 0 fully saturated rings. The van der Waals surface area contributed by atoms with Gasteiger partial charge in [-0.2, -0.15) is 9.79 Å². The number of hydrogen-bond donors (Lipinski definition) is 1. The van der Waals surface area contributed by atoms with Crippen LogP contribution in [-0.4, -0.2) is 50.8 Å². The van der Waals surface area contributed by atoms with Crippen molar-refractivity contribution in [3.63, 3.8) is 0 Å². The normalized spacial score (nSPS) is 13.6. The maximum absolute atomic E-state index is 13.9. The number of carbonyl (C=O) groups excluding carboxylic acids is 1. The van der Waals surface area contributed by atoms with Crippen molar-refractivity contribution in [2.45, 2.75) is 44.4 Å². The lowest BCUT2D eigenvalue weighted by molar-refractivity contribution is -0.0229. The Hall–Kier alpha value is -1.71. The second-order valence-electron chi connectivity index (χ2n) is 6.61. The summed E-state index contributed by atoms with van der Waals surface area (Å²) in [4.78, 5) is 16.1. The van der Waals surface area contributed by atoms with Crippen LogP contribution in [0, 0.1) is 6.92 Å². The first-order valence-corrected chi connectivity index (χ1v) is 9.13. The van der Waals surface area contributed by atoms with E-state index in [1.165, 1.54) is 19.2 Å². The molecule has 0 saturated carbocycles. The highest BCUT2D eigenvalue weighted by molar-refractivity contribution is 7.89. The third kappa shape index (κ3) is 7.37. The van der Waals surface area contributed by atoms with Crippen molar-refractivity contribution in [2.75, 3.05) is 20.2 Å². The first kappa shape index (κ1) is 21.3. The minimum absolute atomic E-state index is 0.0839. The van der Waals surface area contributed by atoms with Crippen molar-refractivity contribution in [1.82, 2.24) is 9.79 Å². The molecule has 1 atom stereocenters. The number of ether oxygens (including phenoxy) is 1. The van der Waals surface area contributed by atoms with Gasteiger partial charge in [0.1, 0.15) is 18.4 Å². The minimum Gasteiger partial charge on any atom is -0.442 e. The highest BCUT2D eigenvalue weighted by atomic mass is 32.2. The molecule has 0 heterocycles. The number of carbonyl (C=O) groups is 1. The van der Waals surface area contributed by atoms with Crippen LogP contribution in [0.25, 0.3) is 0 Å². The van der Waals surface area contributed by atoms with Crippen molar-refractivity contribution in [1.29, 1.82) is 0 Å². The summed E-state index contributed by atoms with van der Waals surface area (Å²) in [5.74, 6) is 0. The molecule has 0 radical (unpaired) electrons. The fraction of sp³-hybridized carbons (Fsp3) is 0.562. The van der Waals surface area contributed by atoms with Crippen LogP contribution in [0.15, 0.2) is 29.2 Å². The minimum atomic E-state index is -3.79. The van der Waals surface area contributed by atoms with E-state index in [9.17, 15) is 17.6 Å². The third-order valence-electron chi connectivity index (χ3n) is 3.00. The van der Waals surface area contributed by atoms with E-state index in [1.54, 1.807) is 32.9 Å². The van der Waals surface area contributed by atoms with Crippen LogP contribution in [0.2, 0.25) is 0 Å². The molecule has 0 aliphatic carbocycles. The number of sulfonamides is 1. The Bertz CT molecular complexity index is 671. The molecule has 142 valence electrons. The number of amides is 1. The van der Waals surface area contributed by atoms with Gasteiger partial charge in [-0.1, -0.05) is 17.7 Å². The van der Waals surface area contributed by atoms with Gasteiger partial charge in [0.2, 0.25) is 10.0 Å². The van der Waals surface area contributed by atoms with Crippen LogP contribution in [0.4, 0.5) is 9.18 Å². The molecular formula is C16H25FN2O5S. The summed E-state index contributed by atoms with van der Waals surface area (Å²) in [7, 11) is -2.51. The SMILES string of the molecule is Cc1ccc(S(=O)(=O)N(C)CC(F)CONC(=O)OC(C)(C)C)cc1. The van der Waals surface area contributed by atoms with E-state index < -0.39 is 41.0 Å². The average molecular weight is 376 g/mol. The van der Waals surface area contributed by atoms with E-state index in [0.29, 0.717) is 0 Å². The number of nitrogens with one attached hydrogen (secondary N) is 1. The summed E-state index contributed by atoms with van der Waals surface area (Å²) < 4.78 is 44.4. The highest BCUT2D eigenvalue weighted by Gasteiger charge is 2.24. The van der Waals surface area contributed by atoms with Gasteiger partial charge in [0, 0.05) is 13.6 Å². The molecule has 1 amide bonds. The number of alkyl halides is 1. The average Bonchev–Trinajstić information content (AvgIpc) is 2.45. The largest absolute Gasteiger partial charge is 0.442 e. The zero-order valence-corrected chi connectivity index (χ0v) is 15.9. The van der Waals surface area contributed by atoms with Crippen molar-refractivity contribution in [2.24, 2.45) is 0 Å². The van der Waals surface area contributed by atoms with Crippen LogP contribution in [-0.2, 0) is 19.6 Å². The number of nitrogens with zero attached hydrogens (tertiary/aromatic N) is 1. The van der Waals surface area contributed by atoms with E-state index in [4.69, 9.17) is 9.57 Å². The number of hydroxylamine groups is 1. The van der Waals surface area contributed by atoms with Crippen LogP contribution in [0.1, 0.15) is 26.3 Å². The Morgan fingerprint density at radius 1 is 1.28 bits per heavy atom. The second-order valence-corrected chi connectivity index (χ2v) is 8.66. The van der Waals surface area contributed by atoms with Crippen LogP contribution in [0.5, 0.6) is 0 Å². The maximum Gasteiger partial charge on any atom is 0.431 e. The smallest absolute Gasteiger partial charge is 0.431 e. The predicted octanol–water partition coefficient (Wildman–Crippen LogP) is 2.41. The summed E-state index contributed by atoms with van der Waals surface area (Å²) in [5, 5.41) is 0. The van der Waals surface area contributed by atoms with Crippen molar-refractivity contribution in [3.8, 4) is 0 Å². The number of benzene rings is 1. The number of aryl methyl sites for hydroxylation is 1. The molecule has 0 aliphatic heterocycles. The molecule has 0 aliphatic rings. The fourth-order valence-electron chi connectivity index (χ4n) is 1.81. The van der Waals surface area contributed by atoms with E-state index >= 15 is 0 Å². The van der Waals surface area contributed by atoms with Crippen LogP contribution >= 0.6 is 0 Å². The molecule has 1 N–H and O–H groups in total. The topological polar surface area (TPSA) is 84.9 Å².